The maximum absolute atomic E-state index is 11.9. The van der Waals surface area contributed by atoms with Crippen molar-refractivity contribution in [3.8, 4) is 11.3 Å². The van der Waals surface area contributed by atoms with E-state index >= 15 is 0 Å². The third-order valence-corrected chi connectivity index (χ3v) is 5.60. The van der Waals surface area contributed by atoms with Crippen molar-refractivity contribution in [2.45, 2.75) is 0 Å². The molecule has 7 heteroatoms. The first-order chi connectivity index (χ1) is 16.7. The van der Waals surface area contributed by atoms with Crippen LogP contribution in [0, 0.1) is 0 Å². The van der Waals surface area contributed by atoms with Crippen LogP contribution in [0.4, 0.5) is 5.69 Å². The number of hydrogen-bond donors (Lipinski definition) is 2. The zero-order valence-corrected chi connectivity index (χ0v) is 18.3. The summed E-state index contributed by atoms with van der Waals surface area (Å²) >= 11 is 0. The van der Waals surface area contributed by atoms with Crippen molar-refractivity contribution in [2.75, 3.05) is 12.5 Å². The molecule has 0 spiro atoms. The number of methoxy groups -OCH3 is 1. The molecule has 0 amide bonds. The Labute approximate surface area is 195 Å². The minimum Gasteiger partial charge on any atom is -0.465 e. The number of anilines is 1. The molecular formula is C27H20N4O3. The second-order valence-electron chi connectivity index (χ2n) is 7.66. The van der Waals surface area contributed by atoms with E-state index in [1.54, 1.807) is 42.7 Å². The smallest absolute Gasteiger partial charge is 0.337 e. The fourth-order valence-corrected chi connectivity index (χ4v) is 3.93. The normalized spacial score (nSPS) is 11.2. The molecule has 2 aromatic heterocycles. The van der Waals surface area contributed by atoms with Crippen molar-refractivity contribution in [1.29, 1.82) is 0 Å². The number of ether oxygens (including phenoxy) is 1. The number of hydrazone groups is 1. The summed E-state index contributed by atoms with van der Waals surface area (Å²) in [4.78, 5) is 31.5. The summed E-state index contributed by atoms with van der Waals surface area (Å²) < 4.78 is 4.70. The summed E-state index contributed by atoms with van der Waals surface area (Å²) in [6.07, 6.45) is 4.20. The van der Waals surface area contributed by atoms with Crippen molar-refractivity contribution in [1.82, 2.24) is 9.97 Å². The Bertz CT molecular complexity index is 1550. The number of nitrogens with one attached hydrogen (secondary N) is 2. The molecule has 2 heterocycles. The van der Waals surface area contributed by atoms with E-state index < -0.39 is 0 Å². The van der Waals surface area contributed by atoms with Crippen LogP contribution < -0.4 is 5.43 Å². The van der Waals surface area contributed by atoms with Gasteiger partial charge in [-0.25, -0.2) is 4.79 Å². The molecule has 34 heavy (non-hydrogen) atoms. The lowest BCUT2D eigenvalue weighted by Crippen LogP contribution is -2.00. The van der Waals surface area contributed by atoms with Crippen LogP contribution >= 0.6 is 0 Å². The predicted molar refractivity (Wildman–Crippen MR) is 133 cm³/mol. The van der Waals surface area contributed by atoms with Gasteiger partial charge in [0.05, 0.1) is 35.8 Å². The van der Waals surface area contributed by atoms with Crippen LogP contribution in [-0.2, 0) is 4.74 Å². The number of nitrogens with zero attached hydrogens (tertiary/aromatic N) is 2. The van der Waals surface area contributed by atoms with Gasteiger partial charge in [0.2, 0.25) is 0 Å². The van der Waals surface area contributed by atoms with E-state index in [-0.39, 0.29) is 5.97 Å². The average molecular weight is 448 g/mol. The molecule has 3 aromatic carbocycles. The number of hydrogen-bond acceptors (Lipinski definition) is 6. The van der Waals surface area contributed by atoms with Crippen LogP contribution in [0.5, 0.6) is 0 Å². The molecule has 0 aliphatic carbocycles. The molecule has 5 rings (SSSR count). The number of rotatable bonds is 6. The van der Waals surface area contributed by atoms with Crippen molar-refractivity contribution in [3.63, 3.8) is 0 Å². The fourth-order valence-electron chi connectivity index (χ4n) is 3.93. The third-order valence-electron chi connectivity index (χ3n) is 5.60. The number of carbonyl (C=O) groups excluding carboxylic acids is 2. The van der Waals surface area contributed by atoms with Crippen molar-refractivity contribution >= 4 is 46.0 Å². The molecule has 0 atom stereocenters. The van der Waals surface area contributed by atoms with Gasteiger partial charge in [-0.15, -0.1) is 0 Å². The first-order valence-electron chi connectivity index (χ1n) is 10.6. The second-order valence-corrected chi connectivity index (χ2v) is 7.66. The Kier molecular flexibility index (Phi) is 5.58. The summed E-state index contributed by atoms with van der Waals surface area (Å²) in [6.45, 7) is 0. The Balaban J connectivity index is 1.41. The lowest BCUT2D eigenvalue weighted by Gasteiger charge is -2.08. The fraction of sp³-hybridized carbons (Fsp3) is 0.0370. The van der Waals surface area contributed by atoms with E-state index in [0.29, 0.717) is 16.8 Å². The number of aromatic nitrogens is 2. The summed E-state index contributed by atoms with van der Waals surface area (Å²) in [5.41, 5.74) is 8.75. The van der Waals surface area contributed by atoms with Crippen LogP contribution in [0.1, 0.15) is 26.3 Å². The van der Waals surface area contributed by atoms with Crippen LogP contribution in [-0.4, -0.2) is 35.5 Å². The molecule has 0 fully saturated rings. The highest BCUT2D eigenvalue weighted by Gasteiger charge is 2.14. The summed E-state index contributed by atoms with van der Waals surface area (Å²) in [7, 11) is 1.34. The predicted octanol–water partition coefficient (Wildman–Crippen LogP) is 5.43. The molecule has 0 unspecified atom stereocenters. The number of fused-ring (bicyclic) bond motifs is 3. The van der Waals surface area contributed by atoms with E-state index in [9.17, 15) is 9.59 Å². The van der Waals surface area contributed by atoms with E-state index in [4.69, 9.17) is 4.74 Å². The minimum absolute atomic E-state index is 0.388. The third kappa shape index (κ3) is 3.91. The van der Waals surface area contributed by atoms with Gasteiger partial charge in [-0.3, -0.25) is 15.2 Å². The maximum atomic E-state index is 11.9. The van der Waals surface area contributed by atoms with Gasteiger partial charge in [0.1, 0.15) is 0 Å². The van der Waals surface area contributed by atoms with Crippen molar-refractivity contribution in [3.05, 3.63) is 95.7 Å². The summed E-state index contributed by atoms with van der Waals surface area (Å²) in [6, 6.07) is 22.4. The van der Waals surface area contributed by atoms with Crippen LogP contribution in [0.15, 0.2) is 84.1 Å². The number of esters is 1. The molecule has 5 aromatic rings. The molecule has 166 valence electrons. The van der Waals surface area contributed by atoms with Crippen LogP contribution in [0.2, 0.25) is 0 Å². The Morgan fingerprint density at radius 2 is 1.85 bits per heavy atom. The molecule has 0 aliphatic rings. The first-order valence-corrected chi connectivity index (χ1v) is 10.6. The van der Waals surface area contributed by atoms with Crippen molar-refractivity contribution in [2.24, 2.45) is 5.10 Å². The van der Waals surface area contributed by atoms with Gasteiger partial charge in [0.25, 0.3) is 0 Å². The van der Waals surface area contributed by atoms with Gasteiger partial charge in [0, 0.05) is 33.6 Å². The zero-order chi connectivity index (χ0) is 23.5. The Morgan fingerprint density at radius 3 is 2.65 bits per heavy atom. The highest BCUT2D eigenvalue weighted by molar-refractivity contribution is 6.11. The second kappa shape index (κ2) is 8.99. The maximum Gasteiger partial charge on any atom is 0.337 e. The van der Waals surface area contributed by atoms with Gasteiger partial charge in [-0.05, 0) is 48.0 Å². The average Bonchev–Trinajstić information content (AvgIpc) is 3.27. The number of para-hydroxylation sites is 1. The molecule has 0 saturated heterocycles. The highest BCUT2D eigenvalue weighted by Crippen LogP contribution is 2.33. The molecule has 0 saturated carbocycles. The lowest BCUT2D eigenvalue weighted by atomic mass is 10.0. The van der Waals surface area contributed by atoms with E-state index in [1.165, 1.54) is 7.11 Å². The number of aldehydes is 1. The number of benzene rings is 3. The van der Waals surface area contributed by atoms with Crippen LogP contribution in [0.3, 0.4) is 0 Å². The highest BCUT2D eigenvalue weighted by atomic mass is 16.5. The molecule has 7 nitrogen and oxygen atoms in total. The van der Waals surface area contributed by atoms with Crippen LogP contribution in [0.25, 0.3) is 33.1 Å². The quantitative estimate of drug-likeness (QED) is 0.156. The molecule has 0 radical (unpaired) electrons. The first kappa shape index (κ1) is 21.1. The van der Waals surface area contributed by atoms with E-state index in [1.807, 2.05) is 36.4 Å². The summed E-state index contributed by atoms with van der Waals surface area (Å²) in [5.74, 6) is -0.388. The standard InChI is InChI=1S/C27H20N4O3/c1-34-27(33)18-8-6-17(7-9-18)15-29-31-20-10-11-21(19(14-20)16-32)25-26-23(12-13-28-25)22-4-2-3-5-24(22)30-26/h2-16,30-31H,1H3. The number of aromatic amines is 1. The number of carbonyl (C=O) groups is 2. The molecular weight excluding hydrogens is 428 g/mol. The topological polar surface area (TPSA) is 96.4 Å². The largest absolute Gasteiger partial charge is 0.465 e. The number of H-pyrrole nitrogens is 1. The van der Waals surface area contributed by atoms with Gasteiger partial charge in [0.15, 0.2) is 6.29 Å². The molecule has 0 aliphatic heterocycles. The van der Waals surface area contributed by atoms with Gasteiger partial charge >= 0.3 is 5.97 Å². The van der Waals surface area contributed by atoms with Gasteiger partial charge < -0.3 is 9.72 Å². The number of pyridine rings is 1. The lowest BCUT2D eigenvalue weighted by molar-refractivity contribution is 0.0600. The zero-order valence-electron chi connectivity index (χ0n) is 18.3. The molecule has 2 N–H and O–H groups in total. The SMILES string of the molecule is COC(=O)c1ccc(C=NNc2ccc(-c3nccc4c3[nH]c3ccccc34)c(C=O)c2)cc1. The Hall–Kier alpha value is -4.78. The minimum atomic E-state index is -0.388. The van der Waals surface area contributed by atoms with Gasteiger partial charge in [-0.2, -0.15) is 5.10 Å². The molecule has 0 bridgehead atoms. The monoisotopic (exact) mass is 448 g/mol. The Morgan fingerprint density at radius 1 is 1.03 bits per heavy atom. The van der Waals surface area contributed by atoms with E-state index in [0.717, 1.165) is 44.9 Å². The van der Waals surface area contributed by atoms with Gasteiger partial charge in [-0.1, -0.05) is 30.3 Å². The summed E-state index contributed by atoms with van der Waals surface area (Å²) in [5, 5.41) is 6.40. The van der Waals surface area contributed by atoms with Crippen molar-refractivity contribution < 1.29 is 14.3 Å². The van der Waals surface area contributed by atoms with E-state index in [2.05, 4.69) is 26.6 Å².